The maximum absolute atomic E-state index is 8.75. The number of fused-ring (bicyclic) bond motifs is 1. The maximum atomic E-state index is 8.75. The normalized spacial score (nSPS) is 29.1. The van der Waals surface area contributed by atoms with E-state index in [1.54, 1.807) is 11.8 Å². The van der Waals surface area contributed by atoms with Crippen LogP contribution in [0.2, 0.25) is 0 Å². The lowest BCUT2D eigenvalue weighted by molar-refractivity contribution is 0.263. The van der Waals surface area contributed by atoms with E-state index >= 15 is 0 Å². The molecule has 2 heterocycles. The first kappa shape index (κ1) is 6.24. The Kier molecular flexibility index (Phi) is 1.43. The predicted octanol–water partition coefficient (Wildman–Crippen LogP) is 0.237. The van der Waals surface area contributed by atoms with Crippen molar-refractivity contribution in [2.24, 2.45) is 4.99 Å². The monoisotopic (exact) mass is 156 g/mol. The molecule has 2 aliphatic heterocycles. The van der Waals surface area contributed by atoms with Crippen molar-refractivity contribution in [3.63, 3.8) is 0 Å². The van der Waals surface area contributed by atoms with E-state index in [4.69, 9.17) is 5.11 Å². The highest BCUT2D eigenvalue weighted by molar-refractivity contribution is 8.16. The third-order valence-corrected chi connectivity index (χ3v) is 2.38. The van der Waals surface area contributed by atoms with Crippen LogP contribution in [-0.2, 0) is 0 Å². The largest absolute Gasteiger partial charge is 0.394 e. The molecule has 1 N–H and O–H groups in total. The van der Waals surface area contributed by atoms with Crippen LogP contribution in [0.3, 0.4) is 0 Å². The van der Waals surface area contributed by atoms with E-state index < -0.39 is 0 Å². The minimum Gasteiger partial charge on any atom is -0.394 e. The first-order chi connectivity index (χ1) is 4.90. The maximum Gasteiger partial charge on any atom is 0.168 e. The first-order valence-corrected chi connectivity index (χ1v) is 4.07. The van der Waals surface area contributed by atoms with Gasteiger partial charge in [-0.15, -0.1) is 0 Å². The first-order valence-electron chi connectivity index (χ1n) is 3.19. The molecule has 2 rings (SSSR count). The smallest absolute Gasteiger partial charge is 0.168 e. The Bertz CT molecular complexity index is 202. The number of hydrogen-bond acceptors (Lipinski definition) is 4. The second-order valence-electron chi connectivity index (χ2n) is 2.30. The lowest BCUT2D eigenvalue weighted by Crippen LogP contribution is -2.21. The van der Waals surface area contributed by atoms with E-state index in [9.17, 15) is 0 Å². The van der Waals surface area contributed by atoms with E-state index in [-0.39, 0.29) is 12.6 Å². The summed E-state index contributed by atoms with van der Waals surface area (Å²) in [5.74, 6) is 0. The fourth-order valence-corrected chi connectivity index (χ4v) is 1.87. The Morgan fingerprint density at radius 1 is 1.90 bits per heavy atom. The summed E-state index contributed by atoms with van der Waals surface area (Å²) < 4.78 is 0. The zero-order valence-electron chi connectivity index (χ0n) is 5.40. The van der Waals surface area contributed by atoms with Gasteiger partial charge in [0.2, 0.25) is 0 Å². The molecule has 0 fully saturated rings. The molecular formula is C6H8N2OS. The van der Waals surface area contributed by atoms with Gasteiger partial charge in [-0.25, -0.2) is 0 Å². The van der Waals surface area contributed by atoms with Gasteiger partial charge >= 0.3 is 0 Å². The molecular weight excluding hydrogens is 148 g/mol. The summed E-state index contributed by atoms with van der Waals surface area (Å²) in [5, 5.41) is 11.8. The number of nitrogens with zero attached hydrogens (tertiary/aromatic N) is 2. The van der Waals surface area contributed by atoms with Gasteiger partial charge in [-0.2, -0.15) is 0 Å². The van der Waals surface area contributed by atoms with Crippen LogP contribution in [0, 0.1) is 0 Å². The number of aliphatic imine (C=N–C) groups is 1. The minimum absolute atomic E-state index is 0.104. The molecule has 0 aromatic rings. The topological polar surface area (TPSA) is 35.8 Å². The van der Waals surface area contributed by atoms with Crippen LogP contribution in [0.4, 0.5) is 0 Å². The second kappa shape index (κ2) is 2.29. The molecule has 0 aliphatic carbocycles. The van der Waals surface area contributed by atoms with Crippen LogP contribution in [0.1, 0.15) is 0 Å². The third kappa shape index (κ3) is 0.839. The Hall–Kier alpha value is -0.480. The zero-order valence-corrected chi connectivity index (χ0v) is 6.21. The molecule has 0 aromatic carbocycles. The molecule has 0 spiro atoms. The Balaban J connectivity index is 2.11. The summed E-state index contributed by atoms with van der Waals surface area (Å²) in [6.45, 7) is 1.00. The van der Waals surface area contributed by atoms with Crippen molar-refractivity contribution >= 4 is 16.9 Å². The molecule has 0 saturated heterocycles. The van der Waals surface area contributed by atoms with Gasteiger partial charge in [0, 0.05) is 12.7 Å². The standard InChI is InChI=1S/C6H8N2OS/c9-4-5-3-8-1-2-10-6(8)7-5/h1-2,5,9H,3-4H2. The number of amidine groups is 1. The van der Waals surface area contributed by atoms with Crippen LogP contribution in [0.5, 0.6) is 0 Å². The van der Waals surface area contributed by atoms with Gasteiger partial charge < -0.3 is 10.0 Å². The van der Waals surface area contributed by atoms with Gasteiger partial charge in [0.25, 0.3) is 0 Å². The average Bonchev–Trinajstić information content (AvgIpc) is 2.42. The molecule has 2 aliphatic rings. The molecule has 1 atom stereocenters. The molecule has 0 saturated carbocycles. The molecule has 4 heteroatoms. The summed E-state index contributed by atoms with van der Waals surface area (Å²) in [6.07, 6.45) is 2.00. The fourth-order valence-electron chi connectivity index (χ4n) is 1.06. The minimum atomic E-state index is 0.104. The average molecular weight is 156 g/mol. The number of hydrogen-bond donors (Lipinski definition) is 1. The fraction of sp³-hybridized carbons (Fsp3) is 0.500. The van der Waals surface area contributed by atoms with Crippen LogP contribution in [0.25, 0.3) is 0 Å². The SMILES string of the molecule is OCC1CN2C=CSC2=N1. The number of aliphatic hydroxyl groups excluding tert-OH is 1. The molecule has 10 heavy (non-hydrogen) atoms. The number of rotatable bonds is 1. The highest BCUT2D eigenvalue weighted by Crippen LogP contribution is 2.24. The highest BCUT2D eigenvalue weighted by Gasteiger charge is 2.25. The van der Waals surface area contributed by atoms with Crippen LogP contribution in [0.15, 0.2) is 16.6 Å². The van der Waals surface area contributed by atoms with Gasteiger partial charge in [0.15, 0.2) is 5.17 Å². The summed E-state index contributed by atoms with van der Waals surface area (Å²) in [7, 11) is 0. The van der Waals surface area contributed by atoms with E-state index in [0.29, 0.717) is 0 Å². The summed E-state index contributed by atoms with van der Waals surface area (Å²) >= 11 is 1.62. The Labute approximate surface area is 63.4 Å². The van der Waals surface area contributed by atoms with E-state index in [2.05, 4.69) is 9.89 Å². The molecule has 0 aromatic heterocycles. The van der Waals surface area contributed by atoms with Crippen molar-refractivity contribution in [2.75, 3.05) is 13.2 Å². The van der Waals surface area contributed by atoms with Gasteiger partial charge in [0.05, 0.1) is 12.6 Å². The molecule has 0 amide bonds. The second-order valence-corrected chi connectivity index (χ2v) is 3.18. The molecule has 0 radical (unpaired) electrons. The summed E-state index contributed by atoms with van der Waals surface area (Å²) in [5.41, 5.74) is 0. The van der Waals surface area contributed by atoms with Gasteiger partial charge in [-0.05, 0) is 5.41 Å². The lowest BCUT2D eigenvalue weighted by Gasteiger charge is -2.07. The van der Waals surface area contributed by atoms with Crippen molar-refractivity contribution in [1.29, 1.82) is 0 Å². The lowest BCUT2D eigenvalue weighted by atomic mass is 10.3. The zero-order chi connectivity index (χ0) is 6.97. The van der Waals surface area contributed by atoms with E-state index in [1.165, 1.54) is 0 Å². The quantitative estimate of drug-likeness (QED) is 0.590. The predicted molar refractivity (Wildman–Crippen MR) is 41.7 cm³/mol. The van der Waals surface area contributed by atoms with E-state index in [0.717, 1.165) is 11.7 Å². The van der Waals surface area contributed by atoms with Crippen molar-refractivity contribution in [1.82, 2.24) is 4.90 Å². The molecule has 3 nitrogen and oxygen atoms in total. The summed E-state index contributed by atoms with van der Waals surface area (Å²) in [6, 6.07) is 0.104. The van der Waals surface area contributed by atoms with Gasteiger partial charge in [0.1, 0.15) is 0 Å². The molecule has 1 unspecified atom stereocenters. The Morgan fingerprint density at radius 2 is 2.80 bits per heavy atom. The highest BCUT2D eigenvalue weighted by atomic mass is 32.2. The van der Waals surface area contributed by atoms with Crippen molar-refractivity contribution in [3.8, 4) is 0 Å². The molecule has 54 valence electrons. The van der Waals surface area contributed by atoms with Gasteiger partial charge in [-0.1, -0.05) is 11.8 Å². The van der Waals surface area contributed by atoms with Crippen LogP contribution < -0.4 is 0 Å². The van der Waals surface area contributed by atoms with E-state index in [1.807, 2.05) is 11.6 Å². The van der Waals surface area contributed by atoms with Crippen molar-refractivity contribution in [2.45, 2.75) is 6.04 Å². The molecule has 0 bridgehead atoms. The Morgan fingerprint density at radius 3 is 3.50 bits per heavy atom. The number of thioether (sulfide) groups is 1. The van der Waals surface area contributed by atoms with Crippen molar-refractivity contribution in [3.05, 3.63) is 11.6 Å². The van der Waals surface area contributed by atoms with Crippen molar-refractivity contribution < 1.29 is 5.11 Å². The van der Waals surface area contributed by atoms with Crippen LogP contribution >= 0.6 is 11.8 Å². The number of aliphatic hydroxyl groups is 1. The van der Waals surface area contributed by atoms with Gasteiger partial charge in [-0.3, -0.25) is 4.99 Å². The summed E-state index contributed by atoms with van der Waals surface area (Å²) in [4.78, 5) is 6.32. The third-order valence-electron chi connectivity index (χ3n) is 1.57. The van der Waals surface area contributed by atoms with Crippen LogP contribution in [-0.4, -0.2) is 34.4 Å².